The Balaban J connectivity index is 2.36. The minimum Gasteiger partial charge on any atom is -0.382 e. The molecule has 2 aromatic rings. The van der Waals surface area contributed by atoms with Crippen molar-refractivity contribution in [2.45, 2.75) is 32.4 Å². The van der Waals surface area contributed by atoms with Crippen LogP contribution in [-0.4, -0.2) is 14.9 Å². The zero-order valence-corrected chi connectivity index (χ0v) is 12.7. The number of nitrogens with zero attached hydrogens (tertiary/aromatic N) is 2. The van der Waals surface area contributed by atoms with Gasteiger partial charge in [-0.1, -0.05) is 24.3 Å². The summed E-state index contributed by atoms with van der Waals surface area (Å²) in [5.41, 5.74) is 1.11. The van der Waals surface area contributed by atoms with Crippen LogP contribution in [-0.2, 0) is 0 Å². The maximum atomic E-state index is 12.5. The maximum absolute atomic E-state index is 12.5. The molecule has 0 radical (unpaired) electrons. The molecule has 0 amide bonds. The number of hydrogen-bond donors (Lipinski definition) is 1. The van der Waals surface area contributed by atoms with Crippen molar-refractivity contribution in [3.63, 3.8) is 0 Å². The maximum Gasteiger partial charge on any atom is 0.263 e. The second-order valence-electron chi connectivity index (χ2n) is 4.79. The Morgan fingerprint density at radius 3 is 2.20 bits per heavy atom. The first-order chi connectivity index (χ1) is 9.41. The molecule has 0 saturated carbocycles. The molecule has 1 unspecified atom stereocenters. The topological polar surface area (TPSA) is 38.0 Å². The third-order valence-electron chi connectivity index (χ3n) is 3.04. The summed E-state index contributed by atoms with van der Waals surface area (Å²) in [6.45, 7) is 3.91. The molecule has 2 rings (SSSR count). The first-order valence-electron chi connectivity index (χ1n) is 6.20. The number of aliphatic hydroxyl groups is 1. The lowest BCUT2D eigenvalue weighted by atomic mass is 10.0. The molecule has 0 aliphatic rings. The van der Waals surface area contributed by atoms with Crippen LogP contribution < -0.4 is 0 Å². The van der Waals surface area contributed by atoms with Gasteiger partial charge in [0.25, 0.3) is 6.43 Å². The summed E-state index contributed by atoms with van der Waals surface area (Å²) >= 11 is 3.36. The van der Waals surface area contributed by atoms with E-state index in [0.29, 0.717) is 15.7 Å². The Morgan fingerprint density at radius 2 is 1.70 bits per heavy atom. The van der Waals surface area contributed by atoms with E-state index in [-0.39, 0.29) is 11.6 Å². The van der Waals surface area contributed by atoms with Crippen LogP contribution >= 0.6 is 15.9 Å². The Hall–Kier alpha value is -1.27. The zero-order chi connectivity index (χ0) is 14.9. The van der Waals surface area contributed by atoms with Gasteiger partial charge in [0.15, 0.2) is 0 Å². The van der Waals surface area contributed by atoms with Gasteiger partial charge in [0.05, 0.1) is 16.4 Å². The number of benzene rings is 1. The Morgan fingerprint density at radius 1 is 1.15 bits per heavy atom. The quantitative estimate of drug-likeness (QED) is 0.900. The highest BCUT2D eigenvalue weighted by Gasteiger charge is 2.21. The standard InChI is InChI=1S/C14H15BrF2N2O/c1-8(2)19-12(11(15)7-18-19)13(20)9-3-5-10(6-4-9)14(16)17/h3-8,13-14,20H,1-2H3. The first kappa shape index (κ1) is 15.1. The lowest BCUT2D eigenvalue weighted by molar-refractivity contribution is 0.151. The zero-order valence-electron chi connectivity index (χ0n) is 11.1. The summed E-state index contributed by atoms with van der Waals surface area (Å²) in [5.74, 6) is 0. The van der Waals surface area contributed by atoms with Crippen LogP contribution in [0.2, 0.25) is 0 Å². The van der Waals surface area contributed by atoms with Crippen LogP contribution in [0.15, 0.2) is 34.9 Å². The predicted molar refractivity (Wildman–Crippen MR) is 75.8 cm³/mol. The average Bonchev–Trinajstić information content (AvgIpc) is 2.80. The lowest BCUT2D eigenvalue weighted by Gasteiger charge is -2.17. The molecular formula is C14H15BrF2N2O. The lowest BCUT2D eigenvalue weighted by Crippen LogP contribution is -2.12. The molecule has 20 heavy (non-hydrogen) atoms. The van der Waals surface area contributed by atoms with Crippen molar-refractivity contribution < 1.29 is 13.9 Å². The predicted octanol–water partition coefficient (Wildman–Crippen LogP) is 4.25. The van der Waals surface area contributed by atoms with E-state index in [1.54, 1.807) is 10.9 Å². The van der Waals surface area contributed by atoms with Gasteiger partial charge < -0.3 is 5.11 Å². The molecule has 6 heteroatoms. The largest absolute Gasteiger partial charge is 0.382 e. The molecule has 0 aliphatic heterocycles. The number of aliphatic hydroxyl groups excluding tert-OH is 1. The van der Waals surface area contributed by atoms with Crippen molar-refractivity contribution in [3.8, 4) is 0 Å². The summed E-state index contributed by atoms with van der Waals surface area (Å²) in [5, 5.41) is 14.6. The van der Waals surface area contributed by atoms with E-state index in [2.05, 4.69) is 21.0 Å². The van der Waals surface area contributed by atoms with E-state index in [4.69, 9.17) is 0 Å². The first-order valence-corrected chi connectivity index (χ1v) is 7.00. The van der Waals surface area contributed by atoms with Crippen molar-refractivity contribution >= 4 is 15.9 Å². The van der Waals surface area contributed by atoms with Crippen LogP contribution in [0.25, 0.3) is 0 Å². The van der Waals surface area contributed by atoms with Gasteiger partial charge in [-0.05, 0) is 35.3 Å². The van der Waals surface area contributed by atoms with Crippen molar-refractivity contribution in [1.82, 2.24) is 9.78 Å². The normalized spacial score (nSPS) is 13.2. The summed E-state index contributed by atoms with van der Waals surface area (Å²) in [4.78, 5) is 0. The van der Waals surface area contributed by atoms with Gasteiger partial charge in [0.1, 0.15) is 6.10 Å². The third-order valence-corrected chi connectivity index (χ3v) is 3.65. The molecule has 0 saturated heterocycles. The van der Waals surface area contributed by atoms with Gasteiger partial charge in [0, 0.05) is 11.6 Å². The fourth-order valence-corrected chi connectivity index (χ4v) is 2.49. The monoisotopic (exact) mass is 344 g/mol. The van der Waals surface area contributed by atoms with E-state index in [9.17, 15) is 13.9 Å². The highest BCUT2D eigenvalue weighted by atomic mass is 79.9. The van der Waals surface area contributed by atoms with E-state index in [1.807, 2.05) is 13.8 Å². The Kier molecular flexibility index (Phi) is 4.55. The number of hydrogen-bond acceptors (Lipinski definition) is 2. The van der Waals surface area contributed by atoms with Gasteiger partial charge in [-0.15, -0.1) is 0 Å². The molecule has 0 bridgehead atoms. The molecule has 1 N–H and O–H groups in total. The number of aromatic nitrogens is 2. The number of halogens is 3. The fraction of sp³-hybridized carbons (Fsp3) is 0.357. The molecule has 0 spiro atoms. The van der Waals surface area contributed by atoms with Crippen molar-refractivity contribution in [2.24, 2.45) is 0 Å². The Labute approximate surface area is 124 Å². The van der Waals surface area contributed by atoms with Crippen LogP contribution in [0.1, 0.15) is 49.2 Å². The summed E-state index contributed by atoms with van der Waals surface area (Å²) in [6.07, 6.45) is -1.80. The average molecular weight is 345 g/mol. The summed E-state index contributed by atoms with van der Waals surface area (Å²) in [6, 6.07) is 5.76. The molecule has 1 aromatic carbocycles. The fourth-order valence-electron chi connectivity index (χ4n) is 2.00. The van der Waals surface area contributed by atoms with E-state index in [0.717, 1.165) is 0 Å². The highest BCUT2D eigenvalue weighted by molar-refractivity contribution is 9.10. The summed E-state index contributed by atoms with van der Waals surface area (Å²) in [7, 11) is 0. The molecule has 0 aliphatic carbocycles. The van der Waals surface area contributed by atoms with Crippen LogP contribution in [0.3, 0.4) is 0 Å². The molecule has 1 aromatic heterocycles. The molecule has 0 fully saturated rings. The van der Waals surface area contributed by atoms with E-state index in [1.165, 1.54) is 24.3 Å². The molecule has 3 nitrogen and oxygen atoms in total. The van der Waals surface area contributed by atoms with Crippen molar-refractivity contribution in [2.75, 3.05) is 0 Å². The van der Waals surface area contributed by atoms with Crippen LogP contribution in [0, 0.1) is 0 Å². The van der Waals surface area contributed by atoms with Gasteiger partial charge in [-0.2, -0.15) is 5.10 Å². The minimum atomic E-state index is -2.51. The SMILES string of the molecule is CC(C)n1ncc(Br)c1C(O)c1ccc(C(F)F)cc1. The number of alkyl halides is 2. The second kappa shape index (κ2) is 6.01. The minimum absolute atomic E-state index is 0.0580. The van der Waals surface area contributed by atoms with Gasteiger partial charge in [-0.3, -0.25) is 4.68 Å². The van der Waals surface area contributed by atoms with E-state index < -0.39 is 12.5 Å². The summed E-state index contributed by atoms with van der Waals surface area (Å²) < 4.78 is 27.4. The van der Waals surface area contributed by atoms with Crippen molar-refractivity contribution in [1.29, 1.82) is 0 Å². The van der Waals surface area contributed by atoms with Crippen LogP contribution in [0.4, 0.5) is 8.78 Å². The van der Waals surface area contributed by atoms with Crippen molar-refractivity contribution in [3.05, 3.63) is 51.8 Å². The smallest absolute Gasteiger partial charge is 0.263 e. The van der Waals surface area contributed by atoms with Crippen LogP contribution in [0.5, 0.6) is 0 Å². The Bertz CT molecular complexity index is 581. The molecule has 1 heterocycles. The third kappa shape index (κ3) is 2.91. The highest BCUT2D eigenvalue weighted by Crippen LogP contribution is 2.31. The van der Waals surface area contributed by atoms with E-state index >= 15 is 0 Å². The molecule has 1 atom stereocenters. The molecular weight excluding hydrogens is 330 g/mol. The van der Waals surface area contributed by atoms with Gasteiger partial charge in [-0.25, -0.2) is 8.78 Å². The van der Waals surface area contributed by atoms with Gasteiger partial charge in [0.2, 0.25) is 0 Å². The second-order valence-corrected chi connectivity index (χ2v) is 5.64. The molecule has 108 valence electrons. The van der Waals surface area contributed by atoms with Gasteiger partial charge >= 0.3 is 0 Å². The number of rotatable bonds is 4.